The number of ether oxygens (including phenoxy) is 3. The van der Waals surface area contributed by atoms with Crippen molar-refractivity contribution < 1.29 is 34.0 Å². The van der Waals surface area contributed by atoms with Crippen LogP contribution in [0, 0.1) is 10.1 Å². The van der Waals surface area contributed by atoms with Crippen molar-refractivity contribution in [2.45, 2.75) is 12.6 Å². The number of hydrogen-bond donors (Lipinski definition) is 3. The zero-order valence-electron chi connectivity index (χ0n) is 16.7. The molecule has 30 heavy (non-hydrogen) atoms. The zero-order valence-corrected chi connectivity index (χ0v) is 16.7. The first-order valence-corrected chi connectivity index (χ1v) is 10.2. The Morgan fingerprint density at radius 3 is 2.63 bits per heavy atom. The molecule has 3 N–H and O–H groups in total. The average Bonchev–Trinajstić information content (AvgIpc) is 3.22. The van der Waals surface area contributed by atoms with Crippen molar-refractivity contribution in [3.63, 3.8) is 0 Å². The molecule has 2 aliphatic heterocycles. The molecule has 4 rings (SSSR count). The quantitative estimate of drug-likeness (QED) is 0.378. The van der Waals surface area contributed by atoms with Gasteiger partial charge in [0.15, 0.2) is 11.5 Å². The Kier molecular flexibility index (Phi) is 6.32. The molecule has 9 heteroatoms. The van der Waals surface area contributed by atoms with Crippen molar-refractivity contribution >= 4 is 5.69 Å². The highest BCUT2D eigenvalue weighted by atomic mass is 16.7. The standard InChI is InChI=1S/C21H25N3O6/c25-18(14-28-19-3-1-2-17(11-19)24(26)27)13-23-8-6-22(7-9-23)12-16-4-5-20-21(10-16)30-15-29-20/h1-5,10-11,18,25H,6-9,12-15H2/p+2/t18-/m1/s1. The molecular weight excluding hydrogens is 390 g/mol. The minimum absolute atomic E-state index is 0.0193. The molecule has 0 amide bonds. The van der Waals surface area contributed by atoms with Gasteiger partial charge in [0.05, 0.1) is 11.0 Å². The summed E-state index contributed by atoms with van der Waals surface area (Å²) in [6.45, 7) is 5.99. The zero-order chi connectivity index (χ0) is 20.9. The summed E-state index contributed by atoms with van der Waals surface area (Å²) in [5.74, 6) is 2.03. The van der Waals surface area contributed by atoms with Crippen molar-refractivity contribution in [3.05, 3.63) is 58.1 Å². The number of nitro groups is 1. The van der Waals surface area contributed by atoms with E-state index in [0.29, 0.717) is 19.1 Å². The Morgan fingerprint density at radius 2 is 1.83 bits per heavy atom. The number of hydrogen-bond acceptors (Lipinski definition) is 6. The van der Waals surface area contributed by atoms with Gasteiger partial charge in [0.2, 0.25) is 6.79 Å². The predicted molar refractivity (Wildman–Crippen MR) is 107 cm³/mol. The summed E-state index contributed by atoms with van der Waals surface area (Å²) in [5, 5.41) is 21.1. The molecule has 2 aliphatic rings. The van der Waals surface area contributed by atoms with Crippen LogP contribution in [0.2, 0.25) is 0 Å². The van der Waals surface area contributed by atoms with Crippen LogP contribution in [-0.4, -0.2) is 62.3 Å². The molecule has 0 bridgehead atoms. The maximum atomic E-state index is 10.8. The summed E-state index contributed by atoms with van der Waals surface area (Å²) < 4.78 is 16.4. The third kappa shape index (κ3) is 5.18. The van der Waals surface area contributed by atoms with E-state index in [4.69, 9.17) is 14.2 Å². The van der Waals surface area contributed by atoms with Gasteiger partial charge in [0.1, 0.15) is 57.7 Å². The van der Waals surface area contributed by atoms with Crippen LogP contribution >= 0.6 is 0 Å². The fourth-order valence-corrected chi connectivity index (χ4v) is 3.95. The lowest BCUT2D eigenvalue weighted by molar-refractivity contribution is -1.02. The second-order valence-corrected chi connectivity index (χ2v) is 7.79. The molecule has 0 spiro atoms. The first kappa shape index (κ1) is 20.4. The third-order valence-electron chi connectivity index (χ3n) is 5.55. The largest absolute Gasteiger partial charge is 0.490 e. The first-order chi connectivity index (χ1) is 14.6. The molecule has 1 saturated heterocycles. The average molecular weight is 417 g/mol. The number of nitrogens with zero attached hydrogens (tertiary/aromatic N) is 1. The van der Waals surface area contributed by atoms with E-state index in [0.717, 1.165) is 44.2 Å². The maximum absolute atomic E-state index is 10.8. The van der Waals surface area contributed by atoms with Gasteiger partial charge in [-0.05, 0) is 24.3 Å². The number of nitrogens with one attached hydrogen (secondary N) is 2. The lowest BCUT2D eigenvalue weighted by Gasteiger charge is -2.30. The lowest BCUT2D eigenvalue weighted by atomic mass is 10.1. The number of non-ortho nitro benzene ring substituents is 1. The fraction of sp³-hybridized carbons (Fsp3) is 0.429. The van der Waals surface area contributed by atoms with Gasteiger partial charge in [0.25, 0.3) is 5.69 Å². The number of rotatable bonds is 8. The lowest BCUT2D eigenvalue weighted by Crippen LogP contribution is -3.28. The van der Waals surface area contributed by atoms with E-state index in [-0.39, 0.29) is 12.3 Å². The van der Waals surface area contributed by atoms with Crippen LogP contribution in [0.5, 0.6) is 17.2 Å². The van der Waals surface area contributed by atoms with Crippen molar-refractivity contribution in [2.24, 2.45) is 0 Å². The van der Waals surface area contributed by atoms with Crippen molar-refractivity contribution in [2.75, 3.05) is 46.1 Å². The summed E-state index contributed by atoms with van der Waals surface area (Å²) in [4.78, 5) is 13.2. The van der Waals surface area contributed by atoms with Gasteiger partial charge in [-0.15, -0.1) is 0 Å². The Hall–Kier alpha value is -2.88. The number of aliphatic hydroxyl groups excluding tert-OH is 1. The van der Waals surface area contributed by atoms with E-state index >= 15 is 0 Å². The van der Waals surface area contributed by atoms with Crippen LogP contribution in [0.3, 0.4) is 0 Å². The molecule has 0 aliphatic carbocycles. The van der Waals surface area contributed by atoms with E-state index in [9.17, 15) is 15.2 Å². The van der Waals surface area contributed by atoms with Crippen LogP contribution in [0.4, 0.5) is 5.69 Å². The highest BCUT2D eigenvalue weighted by Crippen LogP contribution is 2.32. The number of quaternary nitrogens is 2. The summed E-state index contributed by atoms with van der Waals surface area (Å²) in [6, 6.07) is 12.1. The molecule has 160 valence electrons. The number of aliphatic hydroxyl groups is 1. The monoisotopic (exact) mass is 417 g/mol. The summed E-state index contributed by atoms with van der Waals surface area (Å²) in [7, 11) is 0. The number of benzene rings is 2. The normalized spacial score (nSPS) is 21.2. The van der Waals surface area contributed by atoms with E-state index in [2.05, 4.69) is 12.1 Å². The van der Waals surface area contributed by atoms with Crippen LogP contribution < -0.4 is 24.0 Å². The van der Waals surface area contributed by atoms with E-state index in [1.807, 2.05) is 6.07 Å². The van der Waals surface area contributed by atoms with Gasteiger partial charge in [-0.25, -0.2) is 0 Å². The third-order valence-corrected chi connectivity index (χ3v) is 5.55. The Balaban J connectivity index is 1.19. The van der Waals surface area contributed by atoms with Gasteiger partial charge in [-0.3, -0.25) is 10.1 Å². The SMILES string of the molecule is O=[N+]([O-])c1cccc(OC[C@H](O)C[NH+]2CC[NH+](Cc3ccc4c(c3)OCO4)CC2)c1. The highest BCUT2D eigenvalue weighted by Gasteiger charge is 2.26. The van der Waals surface area contributed by atoms with Gasteiger partial charge in [0, 0.05) is 11.6 Å². The van der Waals surface area contributed by atoms with Crippen LogP contribution in [-0.2, 0) is 6.54 Å². The second kappa shape index (κ2) is 9.29. The summed E-state index contributed by atoms with van der Waals surface area (Å²) in [6.07, 6.45) is -0.616. The molecule has 2 aromatic rings. The molecule has 9 nitrogen and oxygen atoms in total. The Morgan fingerprint density at radius 1 is 1.07 bits per heavy atom. The van der Waals surface area contributed by atoms with Gasteiger partial charge in [-0.1, -0.05) is 6.07 Å². The topological polar surface area (TPSA) is 99.9 Å². The van der Waals surface area contributed by atoms with Gasteiger partial charge < -0.3 is 29.1 Å². The van der Waals surface area contributed by atoms with E-state index in [1.54, 1.807) is 12.1 Å². The minimum atomic E-state index is -0.616. The highest BCUT2D eigenvalue weighted by molar-refractivity contribution is 5.44. The molecule has 0 aromatic heterocycles. The summed E-state index contributed by atoms with van der Waals surface area (Å²) >= 11 is 0. The van der Waals surface area contributed by atoms with E-state index < -0.39 is 11.0 Å². The van der Waals surface area contributed by atoms with Gasteiger partial charge in [-0.2, -0.15) is 0 Å². The minimum Gasteiger partial charge on any atom is -0.490 e. The predicted octanol–water partition coefficient (Wildman–Crippen LogP) is -0.953. The smallest absolute Gasteiger partial charge is 0.273 e. The van der Waals surface area contributed by atoms with Crippen LogP contribution in [0.15, 0.2) is 42.5 Å². The Labute approximate surface area is 174 Å². The molecular formula is C21H27N3O6+2. The van der Waals surface area contributed by atoms with Crippen molar-refractivity contribution in [1.29, 1.82) is 0 Å². The molecule has 0 radical (unpaired) electrons. The van der Waals surface area contributed by atoms with E-state index in [1.165, 1.54) is 27.5 Å². The Bertz CT molecular complexity index is 885. The van der Waals surface area contributed by atoms with Crippen LogP contribution in [0.25, 0.3) is 0 Å². The first-order valence-electron chi connectivity index (χ1n) is 10.2. The van der Waals surface area contributed by atoms with Gasteiger partial charge >= 0.3 is 0 Å². The number of nitro benzene ring substituents is 1. The maximum Gasteiger partial charge on any atom is 0.273 e. The fourth-order valence-electron chi connectivity index (χ4n) is 3.95. The van der Waals surface area contributed by atoms with Crippen molar-refractivity contribution in [3.8, 4) is 17.2 Å². The number of fused-ring (bicyclic) bond motifs is 1. The molecule has 0 unspecified atom stereocenters. The molecule has 2 aromatic carbocycles. The molecule has 0 saturated carbocycles. The second-order valence-electron chi connectivity index (χ2n) is 7.79. The molecule has 2 heterocycles. The molecule has 1 fully saturated rings. The molecule has 1 atom stereocenters. The van der Waals surface area contributed by atoms with Crippen molar-refractivity contribution in [1.82, 2.24) is 0 Å². The summed E-state index contributed by atoms with van der Waals surface area (Å²) in [5.41, 5.74) is 1.22. The number of piperazine rings is 1. The van der Waals surface area contributed by atoms with Crippen LogP contribution in [0.1, 0.15) is 5.56 Å².